The largest absolute Gasteiger partial charge is 0.342 e. The Labute approximate surface area is 121 Å². The van der Waals surface area contributed by atoms with Gasteiger partial charge in [-0.1, -0.05) is 0 Å². The number of hydrogen-bond acceptors (Lipinski definition) is 4. The lowest BCUT2D eigenvalue weighted by atomic mass is 10.2. The first-order valence-corrected chi connectivity index (χ1v) is 6.82. The van der Waals surface area contributed by atoms with E-state index < -0.39 is 0 Å². The second kappa shape index (κ2) is 5.35. The minimum absolute atomic E-state index is 0.178. The van der Waals surface area contributed by atoms with E-state index in [1.165, 1.54) is 0 Å². The highest BCUT2D eigenvalue weighted by atomic mass is 16.2. The molecule has 1 amide bonds. The van der Waals surface area contributed by atoms with Crippen LogP contribution < -0.4 is 5.32 Å². The first-order valence-electron chi connectivity index (χ1n) is 6.82. The van der Waals surface area contributed by atoms with E-state index in [4.69, 9.17) is 0 Å². The molecule has 0 aliphatic rings. The van der Waals surface area contributed by atoms with Gasteiger partial charge < -0.3 is 5.32 Å². The third-order valence-corrected chi connectivity index (χ3v) is 3.25. The SMILES string of the molecule is CCn1ccc(C(C)NC(=O)c2cc3ncccn3n2)n1. The van der Waals surface area contributed by atoms with Gasteiger partial charge in [0.2, 0.25) is 0 Å². The molecule has 3 aromatic heterocycles. The molecule has 0 aliphatic carbocycles. The van der Waals surface area contributed by atoms with Gasteiger partial charge in [0.15, 0.2) is 11.3 Å². The summed E-state index contributed by atoms with van der Waals surface area (Å²) in [6.45, 7) is 4.72. The van der Waals surface area contributed by atoms with E-state index >= 15 is 0 Å². The maximum absolute atomic E-state index is 12.2. The molecule has 21 heavy (non-hydrogen) atoms. The fraction of sp³-hybridized carbons (Fsp3) is 0.286. The monoisotopic (exact) mass is 284 g/mol. The molecule has 0 saturated heterocycles. The molecule has 0 bridgehead atoms. The number of amides is 1. The summed E-state index contributed by atoms with van der Waals surface area (Å²) in [5.74, 6) is -0.237. The molecule has 0 aliphatic heterocycles. The summed E-state index contributed by atoms with van der Waals surface area (Å²) >= 11 is 0. The smallest absolute Gasteiger partial charge is 0.272 e. The van der Waals surface area contributed by atoms with Crippen LogP contribution in [0.3, 0.4) is 0 Å². The van der Waals surface area contributed by atoms with E-state index in [0.29, 0.717) is 11.3 Å². The summed E-state index contributed by atoms with van der Waals surface area (Å²) in [7, 11) is 0. The zero-order chi connectivity index (χ0) is 14.8. The third-order valence-electron chi connectivity index (χ3n) is 3.25. The second-order valence-electron chi connectivity index (χ2n) is 4.74. The Bertz CT molecular complexity index is 741. The predicted molar refractivity (Wildman–Crippen MR) is 76.8 cm³/mol. The van der Waals surface area contributed by atoms with Crippen LogP contribution in [0.1, 0.15) is 36.1 Å². The number of aryl methyl sites for hydroxylation is 1. The van der Waals surface area contributed by atoms with Crippen LogP contribution in [0, 0.1) is 0 Å². The molecule has 0 saturated carbocycles. The van der Waals surface area contributed by atoms with Crippen LogP contribution in [0.2, 0.25) is 0 Å². The normalized spacial score (nSPS) is 12.5. The number of nitrogens with one attached hydrogen (secondary N) is 1. The van der Waals surface area contributed by atoms with Crippen molar-refractivity contribution in [1.82, 2.24) is 29.7 Å². The van der Waals surface area contributed by atoms with E-state index in [0.717, 1.165) is 12.2 Å². The van der Waals surface area contributed by atoms with Gasteiger partial charge in [-0.2, -0.15) is 10.2 Å². The molecule has 3 rings (SSSR count). The highest BCUT2D eigenvalue weighted by Crippen LogP contribution is 2.11. The van der Waals surface area contributed by atoms with Crippen LogP contribution in [0.5, 0.6) is 0 Å². The van der Waals surface area contributed by atoms with Crippen molar-refractivity contribution in [2.24, 2.45) is 0 Å². The minimum Gasteiger partial charge on any atom is -0.342 e. The number of hydrogen-bond donors (Lipinski definition) is 1. The summed E-state index contributed by atoms with van der Waals surface area (Å²) in [6.07, 6.45) is 5.32. The average molecular weight is 284 g/mol. The maximum atomic E-state index is 12.2. The number of rotatable bonds is 4. The van der Waals surface area contributed by atoms with Gasteiger partial charge in [0.1, 0.15) is 0 Å². The summed E-state index contributed by atoms with van der Waals surface area (Å²) in [5, 5.41) is 11.5. The van der Waals surface area contributed by atoms with E-state index in [2.05, 4.69) is 20.5 Å². The van der Waals surface area contributed by atoms with Crippen molar-refractivity contribution in [2.75, 3.05) is 0 Å². The summed E-state index contributed by atoms with van der Waals surface area (Å²) < 4.78 is 3.40. The lowest BCUT2D eigenvalue weighted by Gasteiger charge is -2.10. The highest BCUT2D eigenvalue weighted by Gasteiger charge is 2.16. The average Bonchev–Trinajstić information content (AvgIpc) is 3.13. The Morgan fingerprint density at radius 3 is 2.95 bits per heavy atom. The lowest BCUT2D eigenvalue weighted by Crippen LogP contribution is -2.27. The number of carbonyl (C=O) groups excluding carboxylic acids is 1. The number of aromatic nitrogens is 5. The van der Waals surface area contributed by atoms with Gasteiger partial charge in [0, 0.05) is 31.2 Å². The van der Waals surface area contributed by atoms with Crippen LogP contribution in [0.15, 0.2) is 36.8 Å². The fourth-order valence-electron chi connectivity index (χ4n) is 2.07. The van der Waals surface area contributed by atoms with Gasteiger partial charge in [-0.3, -0.25) is 9.48 Å². The number of nitrogens with zero attached hydrogens (tertiary/aromatic N) is 5. The number of fused-ring (bicyclic) bond motifs is 1. The Kier molecular flexibility index (Phi) is 3.39. The second-order valence-corrected chi connectivity index (χ2v) is 4.74. The van der Waals surface area contributed by atoms with Gasteiger partial charge in [-0.25, -0.2) is 9.50 Å². The molecule has 0 radical (unpaired) electrons. The zero-order valence-corrected chi connectivity index (χ0v) is 11.9. The molecule has 1 unspecified atom stereocenters. The van der Waals surface area contributed by atoms with Crippen LogP contribution in [-0.2, 0) is 6.54 Å². The summed E-state index contributed by atoms with van der Waals surface area (Å²) in [6, 6.07) is 5.15. The Hall–Kier alpha value is -2.70. The Morgan fingerprint density at radius 2 is 2.24 bits per heavy atom. The first-order chi connectivity index (χ1) is 10.2. The standard InChI is InChI=1S/C14H16N6O/c1-3-19-8-5-11(17-19)10(2)16-14(21)12-9-13-15-6-4-7-20(13)18-12/h4-10H,3H2,1-2H3,(H,16,21). The number of carbonyl (C=O) groups is 1. The molecule has 0 spiro atoms. The van der Waals surface area contributed by atoms with Crippen molar-refractivity contribution < 1.29 is 4.79 Å². The molecule has 1 N–H and O–H groups in total. The maximum Gasteiger partial charge on any atom is 0.272 e. The lowest BCUT2D eigenvalue weighted by molar-refractivity contribution is 0.0933. The van der Waals surface area contributed by atoms with Crippen LogP contribution in [0.25, 0.3) is 5.65 Å². The zero-order valence-electron chi connectivity index (χ0n) is 11.9. The van der Waals surface area contributed by atoms with E-state index in [1.807, 2.05) is 30.8 Å². The fourth-order valence-corrected chi connectivity index (χ4v) is 2.07. The molecule has 3 aromatic rings. The van der Waals surface area contributed by atoms with Crippen molar-refractivity contribution in [2.45, 2.75) is 26.4 Å². The van der Waals surface area contributed by atoms with Gasteiger partial charge in [0.05, 0.1) is 11.7 Å². The van der Waals surface area contributed by atoms with Gasteiger partial charge in [-0.15, -0.1) is 0 Å². The predicted octanol–water partition coefficient (Wildman–Crippen LogP) is 1.44. The van der Waals surface area contributed by atoms with Gasteiger partial charge in [0.25, 0.3) is 5.91 Å². The van der Waals surface area contributed by atoms with Crippen molar-refractivity contribution in [3.05, 3.63) is 48.2 Å². The van der Waals surface area contributed by atoms with Crippen molar-refractivity contribution >= 4 is 11.6 Å². The third kappa shape index (κ3) is 2.62. The summed E-state index contributed by atoms with van der Waals surface area (Å²) in [4.78, 5) is 16.4. The van der Waals surface area contributed by atoms with E-state index in [9.17, 15) is 4.79 Å². The van der Waals surface area contributed by atoms with E-state index in [1.54, 1.807) is 29.0 Å². The molecule has 7 heteroatoms. The Morgan fingerprint density at radius 1 is 1.38 bits per heavy atom. The minimum atomic E-state index is -0.237. The van der Waals surface area contributed by atoms with Gasteiger partial charge in [-0.05, 0) is 26.0 Å². The van der Waals surface area contributed by atoms with Gasteiger partial charge >= 0.3 is 0 Å². The quantitative estimate of drug-likeness (QED) is 0.786. The molecule has 3 heterocycles. The molecule has 108 valence electrons. The molecule has 0 fully saturated rings. The molecule has 7 nitrogen and oxygen atoms in total. The van der Waals surface area contributed by atoms with Crippen molar-refractivity contribution in [3.63, 3.8) is 0 Å². The topological polar surface area (TPSA) is 77.1 Å². The molecular weight excluding hydrogens is 268 g/mol. The molecule has 1 atom stereocenters. The molecular formula is C14H16N6O. The molecule has 0 aromatic carbocycles. The van der Waals surface area contributed by atoms with Crippen molar-refractivity contribution in [1.29, 1.82) is 0 Å². The Balaban J connectivity index is 1.75. The van der Waals surface area contributed by atoms with Crippen LogP contribution in [-0.4, -0.2) is 30.3 Å². The highest BCUT2D eigenvalue weighted by molar-refractivity contribution is 5.93. The van der Waals surface area contributed by atoms with Crippen LogP contribution >= 0.6 is 0 Å². The van der Waals surface area contributed by atoms with Crippen LogP contribution in [0.4, 0.5) is 0 Å². The first kappa shape index (κ1) is 13.3. The van der Waals surface area contributed by atoms with Crippen molar-refractivity contribution in [3.8, 4) is 0 Å². The summed E-state index contributed by atoms with van der Waals surface area (Å²) in [5.41, 5.74) is 1.81. The van der Waals surface area contributed by atoms with E-state index in [-0.39, 0.29) is 11.9 Å².